The van der Waals surface area contributed by atoms with Crippen molar-refractivity contribution in [2.45, 2.75) is 30.6 Å². The van der Waals surface area contributed by atoms with Crippen molar-refractivity contribution in [1.82, 2.24) is 0 Å². The molecule has 1 aliphatic rings. The third-order valence-electron chi connectivity index (χ3n) is 7.17. The lowest BCUT2D eigenvalue weighted by Gasteiger charge is -2.35. The molecule has 5 rings (SSSR count). The van der Waals surface area contributed by atoms with Crippen LogP contribution in [-0.4, -0.2) is 12.0 Å². The number of para-hydroxylation sites is 1. The fraction of sp³-hybridized carbons (Fsp3) is 0.161. The number of hydrogen-bond acceptors (Lipinski definition) is 4. The summed E-state index contributed by atoms with van der Waals surface area (Å²) in [4.78, 5) is 14.3. The van der Waals surface area contributed by atoms with Crippen molar-refractivity contribution < 1.29 is 4.92 Å². The second-order valence-electron chi connectivity index (χ2n) is 9.55. The number of allylic oxidation sites excluding steroid dienone is 2. The van der Waals surface area contributed by atoms with Crippen LogP contribution in [0.2, 0.25) is 0 Å². The summed E-state index contributed by atoms with van der Waals surface area (Å²) in [6.45, 7) is 9.03. The first kappa shape index (κ1) is 23.9. The van der Waals surface area contributed by atoms with Crippen molar-refractivity contribution in [1.29, 1.82) is 0 Å². The molecule has 1 heterocycles. The highest BCUT2D eigenvalue weighted by Crippen LogP contribution is 2.47. The maximum absolute atomic E-state index is 11.2. The van der Waals surface area contributed by atoms with Crippen LogP contribution in [0.25, 0.3) is 10.8 Å². The molecule has 0 N–H and O–H groups in total. The molecular weight excluding hydrogens is 464 g/mol. The van der Waals surface area contributed by atoms with Crippen LogP contribution in [0, 0.1) is 17.0 Å². The van der Waals surface area contributed by atoms with Crippen LogP contribution in [-0.2, 0) is 11.8 Å². The number of thioether (sulfide) groups is 1. The van der Waals surface area contributed by atoms with Crippen LogP contribution in [0.4, 0.5) is 11.4 Å². The molecule has 1 unspecified atom stereocenters. The Balaban J connectivity index is 1.63. The molecule has 1 atom stereocenters. The van der Waals surface area contributed by atoms with Crippen LogP contribution in [0.5, 0.6) is 0 Å². The molecule has 180 valence electrons. The Labute approximate surface area is 216 Å². The van der Waals surface area contributed by atoms with E-state index in [0.717, 1.165) is 16.2 Å². The van der Waals surface area contributed by atoms with E-state index in [9.17, 15) is 10.1 Å². The molecule has 4 aromatic rings. The van der Waals surface area contributed by atoms with Crippen LogP contribution in [0.1, 0.15) is 23.6 Å². The highest BCUT2D eigenvalue weighted by molar-refractivity contribution is 8.03. The summed E-state index contributed by atoms with van der Waals surface area (Å²) < 4.78 is 0. The summed E-state index contributed by atoms with van der Waals surface area (Å²) in [7, 11) is 2.09. The quantitative estimate of drug-likeness (QED) is 0.201. The number of aryl methyl sites for hydroxylation is 1. The van der Waals surface area contributed by atoms with Crippen LogP contribution < -0.4 is 4.90 Å². The fourth-order valence-corrected chi connectivity index (χ4v) is 6.29. The van der Waals surface area contributed by atoms with Crippen LogP contribution >= 0.6 is 11.8 Å². The van der Waals surface area contributed by atoms with E-state index in [0.29, 0.717) is 6.42 Å². The zero-order chi connectivity index (χ0) is 25.4. The largest absolute Gasteiger partial charge is 0.338 e. The molecular formula is C31H28N2O2S. The molecule has 0 aromatic heterocycles. The number of rotatable bonds is 6. The lowest BCUT2D eigenvalue weighted by molar-refractivity contribution is -0.384. The minimum absolute atomic E-state index is 0.101. The van der Waals surface area contributed by atoms with Crippen molar-refractivity contribution in [2.75, 3.05) is 11.9 Å². The molecule has 0 radical (unpaired) electrons. The van der Waals surface area contributed by atoms with Gasteiger partial charge in [0.1, 0.15) is 0 Å². The minimum atomic E-state index is -0.440. The summed E-state index contributed by atoms with van der Waals surface area (Å²) in [5.74, 6) is 0. The molecule has 0 bridgehead atoms. The van der Waals surface area contributed by atoms with Gasteiger partial charge >= 0.3 is 0 Å². The monoisotopic (exact) mass is 492 g/mol. The van der Waals surface area contributed by atoms with Gasteiger partial charge in [0.15, 0.2) is 0 Å². The Bertz CT molecular complexity index is 1520. The predicted molar refractivity (Wildman–Crippen MR) is 151 cm³/mol. The Morgan fingerprint density at radius 3 is 2.44 bits per heavy atom. The normalized spacial score (nSPS) is 15.6. The van der Waals surface area contributed by atoms with Crippen LogP contribution in [0.3, 0.4) is 0 Å². The maximum atomic E-state index is 11.2. The van der Waals surface area contributed by atoms with Crippen molar-refractivity contribution >= 4 is 33.9 Å². The Hall–Kier alpha value is -3.83. The van der Waals surface area contributed by atoms with Gasteiger partial charge in [-0.2, -0.15) is 0 Å². The number of fused-ring (bicyclic) bond motifs is 2. The van der Waals surface area contributed by atoms with Crippen molar-refractivity contribution in [3.63, 3.8) is 0 Å². The van der Waals surface area contributed by atoms with Gasteiger partial charge in [0.2, 0.25) is 0 Å². The van der Waals surface area contributed by atoms with Gasteiger partial charge in [0.05, 0.1) is 15.6 Å². The molecule has 4 aromatic carbocycles. The second kappa shape index (κ2) is 9.32. The lowest BCUT2D eigenvalue weighted by Crippen LogP contribution is -2.29. The van der Waals surface area contributed by atoms with Crippen molar-refractivity contribution in [3.05, 3.63) is 135 Å². The average Bonchev–Trinajstić information content (AvgIpc) is 3.19. The van der Waals surface area contributed by atoms with Gasteiger partial charge in [0.25, 0.3) is 5.69 Å². The highest BCUT2D eigenvalue weighted by atomic mass is 32.2. The standard InChI is InChI=1S/C31H28N2O2S/c1-21-13-16-24-9-5-6-10-26(24)30(21)31(3,20-23-14-17-25(18-15-23)33(34)35)22(2)19-29-32(4)27-11-7-8-12-28(27)36-29/h5-19H,2,20H2,1,3-4H3/b29-19-. The number of hydrogen-bond donors (Lipinski definition) is 0. The predicted octanol–water partition coefficient (Wildman–Crippen LogP) is 8.20. The minimum Gasteiger partial charge on any atom is -0.338 e. The van der Waals surface area contributed by atoms with Crippen molar-refractivity contribution in [3.8, 4) is 0 Å². The summed E-state index contributed by atoms with van der Waals surface area (Å²) in [5.41, 5.74) is 5.33. The van der Waals surface area contributed by atoms with Gasteiger partial charge in [-0.05, 0) is 64.6 Å². The van der Waals surface area contributed by atoms with Gasteiger partial charge in [0, 0.05) is 29.5 Å². The third-order valence-corrected chi connectivity index (χ3v) is 8.34. The number of anilines is 1. The highest BCUT2D eigenvalue weighted by Gasteiger charge is 2.34. The second-order valence-corrected chi connectivity index (χ2v) is 10.6. The first-order valence-electron chi connectivity index (χ1n) is 11.9. The Morgan fingerprint density at radius 1 is 1.03 bits per heavy atom. The van der Waals surface area contributed by atoms with Gasteiger partial charge in [-0.1, -0.05) is 85.9 Å². The van der Waals surface area contributed by atoms with E-state index < -0.39 is 5.41 Å². The SMILES string of the molecule is C=C(/C=C1\Sc2ccccc2N1C)C(C)(Cc1ccc([N+](=O)[O-])cc1)c1c(C)ccc2ccccc12. The van der Waals surface area contributed by atoms with E-state index in [1.807, 2.05) is 12.1 Å². The molecule has 0 saturated carbocycles. The van der Waals surface area contributed by atoms with Crippen LogP contribution in [0.15, 0.2) is 113 Å². The number of non-ortho nitro benzene ring substituents is 1. The number of nitro groups is 1. The van der Waals surface area contributed by atoms with E-state index in [1.165, 1.54) is 32.5 Å². The molecule has 36 heavy (non-hydrogen) atoms. The maximum Gasteiger partial charge on any atom is 0.269 e. The van der Waals surface area contributed by atoms with E-state index in [4.69, 9.17) is 0 Å². The van der Waals surface area contributed by atoms with E-state index in [1.54, 1.807) is 23.9 Å². The first-order valence-corrected chi connectivity index (χ1v) is 12.7. The van der Waals surface area contributed by atoms with Gasteiger partial charge in [-0.15, -0.1) is 0 Å². The lowest BCUT2D eigenvalue weighted by atomic mass is 9.69. The molecule has 0 fully saturated rings. The molecule has 1 aliphatic heterocycles. The topological polar surface area (TPSA) is 46.4 Å². The van der Waals surface area contributed by atoms with Crippen molar-refractivity contribution in [2.24, 2.45) is 0 Å². The molecule has 0 saturated heterocycles. The van der Waals surface area contributed by atoms with E-state index >= 15 is 0 Å². The average molecular weight is 493 g/mol. The van der Waals surface area contributed by atoms with Gasteiger partial charge in [-0.25, -0.2) is 0 Å². The molecule has 5 heteroatoms. The fourth-order valence-electron chi connectivity index (χ4n) is 5.17. The first-order chi connectivity index (χ1) is 17.3. The number of benzene rings is 4. The molecule has 0 aliphatic carbocycles. The number of nitro benzene ring substituents is 1. The van der Waals surface area contributed by atoms with Gasteiger partial charge < -0.3 is 4.90 Å². The number of nitrogens with zero attached hydrogens (tertiary/aromatic N) is 2. The van der Waals surface area contributed by atoms with Gasteiger partial charge in [-0.3, -0.25) is 10.1 Å². The zero-order valence-electron chi connectivity index (χ0n) is 20.7. The third kappa shape index (κ3) is 4.20. The molecule has 4 nitrogen and oxygen atoms in total. The Morgan fingerprint density at radius 2 is 1.72 bits per heavy atom. The molecule has 0 spiro atoms. The Kier molecular flexibility index (Phi) is 6.19. The summed E-state index contributed by atoms with van der Waals surface area (Å²) in [6.07, 6.45) is 2.88. The summed E-state index contributed by atoms with van der Waals surface area (Å²) >= 11 is 1.75. The summed E-state index contributed by atoms with van der Waals surface area (Å²) in [5, 5.41) is 14.7. The smallest absolute Gasteiger partial charge is 0.269 e. The van der Waals surface area contributed by atoms with E-state index in [2.05, 4.69) is 99.1 Å². The zero-order valence-corrected chi connectivity index (χ0v) is 21.5. The van der Waals surface area contributed by atoms with E-state index in [-0.39, 0.29) is 10.6 Å². The summed E-state index contributed by atoms with van der Waals surface area (Å²) in [6, 6.07) is 28.1. The molecule has 0 amide bonds.